The number of carbonyl (C=O) groups is 1. The number of para-hydroxylation sites is 1. The summed E-state index contributed by atoms with van der Waals surface area (Å²) in [5.41, 5.74) is 4.29. The quantitative estimate of drug-likeness (QED) is 0.335. The van der Waals surface area contributed by atoms with Crippen LogP contribution < -0.4 is 20.3 Å². The third kappa shape index (κ3) is 5.28. The lowest BCUT2D eigenvalue weighted by molar-refractivity contribution is -0.111. The van der Waals surface area contributed by atoms with E-state index >= 15 is 0 Å². The zero-order chi connectivity index (χ0) is 26.6. The van der Waals surface area contributed by atoms with Gasteiger partial charge < -0.3 is 25.2 Å². The van der Waals surface area contributed by atoms with E-state index in [0.717, 1.165) is 48.4 Å². The van der Waals surface area contributed by atoms with Crippen LogP contribution in [0.3, 0.4) is 0 Å². The maximum atomic E-state index is 13.9. The zero-order valence-corrected chi connectivity index (χ0v) is 21.4. The third-order valence-electron chi connectivity index (χ3n) is 6.60. The summed E-state index contributed by atoms with van der Waals surface area (Å²) in [6.45, 7) is 7.05. The molecule has 0 spiro atoms. The van der Waals surface area contributed by atoms with E-state index < -0.39 is 0 Å². The Hall–Kier alpha value is -4.50. The molecule has 2 heterocycles. The maximum Gasteiger partial charge on any atom is 0.247 e. The number of nitrogens with one attached hydrogen (secondary N) is 2. The number of ether oxygens (including phenoxy) is 1. The Morgan fingerprint density at radius 1 is 1.08 bits per heavy atom. The van der Waals surface area contributed by atoms with Gasteiger partial charge in [0, 0.05) is 49.4 Å². The van der Waals surface area contributed by atoms with Crippen LogP contribution in [0.5, 0.6) is 5.75 Å². The van der Waals surface area contributed by atoms with Gasteiger partial charge in [0.2, 0.25) is 11.9 Å². The van der Waals surface area contributed by atoms with Gasteiger partial charge in [-0.1, -0.05) is 36.9 Å². The fraction of sp³-hybridized carbons (Fsp3) is 0.207. The normalized spacial score (nSPS) is 13.8. The smallest absolute Gasteiger partial charge is 0.247 e. The molecule has 1 aromatic heterocycles. The number of piperazine rings is 1. The standard InChI is InChI=1S/C29H29FN6O2/c1-4-27(37)32-23-16-24(26(38-3)17-25(23)36-13-11-35(2)12-14-36)33-29-31-18-20-8-6-10-22(28(20)34-29)19-7-5-9-21(30)15-19/h4-10,15-18H,1,11-14H2,2-3H3,(H,32,37)(H,31,33,34). The van der Waals surface area contributed by atoms with Crippen molar-refractivity contribution in [2.45, 2.75) is 0 Å². The second-order valence-electron chi connectivity index (χ2n) is 9.13. The Bertz CT molecular complexity index is 1500. The van der Waals surface area contributed by atoms with Crippen molar-refractivity contribution >= 4 is 39.8 Å². The van der Waals surface area contributed by atoms with Gasteiger partial charge >= 0.3 is 0 Å². The van der Waals surface area contributed by atoms with Crippen molar-refractivity contribution in [1.82, 2.24) is 14.9 Å². The van der Waals surface area contributed by atoms with Crippen molar-refractivity contribution in [1.29, 1.82) is 0 Å². The van der Waals surface area contributed by atoms with Crippen molar-refractivity contribution in [2.75, 3.05) is 55.9 Å². The lowest BCUT2D eigenvalue weighted by Gasteiger charge is -2.35. The molecule has 1 fully saturated rings. The van der Waals surface area contributed by atoms with E-state index in [1.165, 1.54) is 18.2 Å². The van der Waals surface area contributed by atoms with Gasteiger partial charge in [0.1, 0.15) is 11.6 Å². The number of amides is 1. The number of fused-ring (bicyclic) bond motifs is 1. The number of carbonyl (C=O) groups excluding carboxylic acids is 1. The highest BCUT2D eigenvalue weighted by Gasteiger charge is 2.21. The molecule has 194 valence electrons. The molecule has 0 unspecified atom stereocenters. The van der Waals surface area contributed by atoms with Crippen LogP contribution in [0.1, 0.15) is 0 Å². The van der Waals surface area contributed by atoms with Crippen molar-refractivity contribution < 1.29 is 13.9 Å². The molecule has 38 heavy (non-hydrogen) atoms. The minimum absolute atomic E-state index is 0.307. The summed E-state index contributed by atoms with van der Waals surface area (Å²) in [6.07, 6.45) is 2.96. The molecule has 0 bridgehead atoms. The average Bonchev–Trinajstić information content (AvgIpc) is 2.93. The first kappa shape index (κ1) is 25.2. The van der Waals surface area contributed by atoms with E-state index in [4.69, 9.17) is 9.72 Å². The summed E-state index contributed by atoms with van der Waals surface area (Å²) in [5, 5.41) is 7.00. The van der Waals surface area contributed by atoms with Crippen LogP contribution in [0, 0.1) is 5.82 Å². The van der Waals surface area contributed by atoms with Crippen molar-refractivity contribution in [3.05, 3.63) is 79.3 Å². The highest BCUT2D eigenvalue weighted by atomic mass is 19.1. The number of anilines is 4. The van der Waals surface area contributed by atoms with E-state index in [9.17, 15) is 9.18 Å². The average molecular weight is 513 g/mol. The molecule has 0 atom stereocenters. The van der Waals surface area contributed by atoms with Gasteiger partial charge in [0.15, 0.2) is 0 Å². The highest BCUT2D eigenvalue weighted by molar-refractivity contribution is 6.02. The monoisotopic (exact) mass is 512 g/mol. The second-order valence-corrected chi connectivity index (χ2v) is 9.13. The number of rotatable bonds is 7. The maximum absolute atomic E-state index is 13.9. The molecule has 1 aliphatic heterocycles. The van der Waals surface area contributed by atoms with Gasteiger partial charge in [-0.2, -0.15) is 0 Å². The van der Waals surface area contributed by atoms with Crippen molar-refractivity contribution in [3.8, 4) is 16.9 Å². The minimum atomic E-state index is -0.314. The lowest BCUT2D eigenvalue weighted by atomic mass is 10.0. The molecule has 3 aromatic carbocycles. The topological polar surface area (TPSA) is 82.6 Å². The Kier molecular flexibility index (Phi) is 7.19. The number of likely N-dealkylation sites (N-methyl/N-ethyl adjacent to an activating group) is 1. The largest absolute Gasteiger partial charge is 0.494 e. The van der Waals surface area contributed by atoms with Gasteiger partial charge in [0.25, 0.3) is 0 Å². The first-order valence-electron chi connectivity index (χ1n) is 12.3. The number of hydrogen-bond acceptors (Lipinski definition) is 7. The fourth-order valence-corrected chi connectivity index (χ4v) is 4.55. The summed E-state index contributed by atoms with van der Waals surface area (Å²) in [6, 6.07) is 15.9. The van der Waals surface area contributed by atoms with Gasteiger partial charge in [-0.25, -0.2) is 14.4 Å². The Balaban J connectivity index is 1.54. The van der Waals surface area contributed by atoms with E-state index in [2.05, 4.69) is 39.0 Å². The molecule has 0 aliphatic carbocycles. The SMILES string of the molecule is C=CC(=O)Nc1cc(Nc2ncc3cccc(-c4cccc(F)c4)c3n2)c(OC)cc1N1CCN(C)CC1. The molecule has 8 nitrogen and oxygen atoms in total. The summed E-state index contributed by atoms with van der Waals surface area (Å²) < 4.78 is 19.7. The van der Waals surface area contributed by atoms with Crippen LogP contribution in [0.2, 0.25) is 0 Å². The molecule has 4 aromatic rings. The van der Waals surface area contributed by atoms with Gasteiger partial charge in [-0.15, -0.1) is 0 Å². The van der Waals surface area contributed by atoms with E-state index in [1.54, 1.807) is 19.4 Å². The molecule has 1 amide bonds. The third-order valence-corrected chi connectivity index (χ3v) is 6.60. The fourth-order valence-electron chi connectivity index (χ4n) is 4.55. The Labute approximate surface area is 220 Å². The summed E-state index contributed by atoms with van der Waals surface area (Å²) in [5.74, 6) is 0.301. The molecule has 1 saturated heterocycles. The Morgan fingerprint density at radius 2 is 1.87 bits per heavy atom. The van der Waals surface area contributed by atoms with Crippen LogP contribution in [0.15, 0.2) is 73.4 Å². The van der Waals surface area contributed by atoms with Gasteiger partial charge in [0.05, 0.1) is 29.7 Å². The predicted octanol–water partition coefficient (Wildman–Crippen LogP) is 5.06. The molecule has 0 radical (unpaired) electrons. The minimum Gasteiger partial charge on any atom is -0.494 e. The van der Waals surface area contributed by atoms with Crippen LogP contribution in [0.25, 0.3) is 22.0 Å². The van der Waals surface area contributed by atoms with E-state index in [-0.39, 0.29) is 11.7 Å². The van der Waals surface area contributed by atoms with Crippen molar-refractivity contribution in [3.63, 3.8) is 0 Å². The number of halogens is 1. The van der Waals surface area contributed by atoms with Crippen LogP contribution in [-0.2, 0) is 4.79 Å². The Morgan fingerprint density at radius 3 is 2.61 bits per heavy atom. The molecule has 2 N–H and O–H groups in total. The van der Waals surface area contributed by atoms with E-state index in [1.807, 2.05) is 36.4 Å². The molecular weight excluding hydrogens is 483 g/mol. The summed E-state index contributed by atoms with van der Waals surface area (Å²) >= 11 is 0. The number of benzene rings is 3. The number of aromatic nitrogens is 2. The lowest BCUT2D eigenvalue weighted by Crippen LogP contribution is -2.44. The molecule has 5 rings (SSSR count). The first-order chi connectivity index (χ1) is 18.4. The van der Waals surface area contributed by atoms with Crippen LogP contribution in [0.4, 0.5) is 27.4 Å². The van der Waals surface area contributed by atoms with Crippen LogP contribution >= 0.6 is 0 Å². The molecule has 9 heteroatoms. The summed E-state index contributed by atoms with van der Waals surface area (Å²) in [4.78, 5) is 26.0. The first-order valence-corrected chi connectivity index (χ1v) is 12.3. The second kappa shape index (κ2) is 10.9. The van der Waals surface area contributed by atoms with Crippen LogP contribution in [-0.4, -0.2) is 61.1 Å². The number of nitrogens with zero attached hydrogens (tertiary/aromatic N) is 4. The number of hydrogen-bond donors (Lipinski definition) is 2. The highest BCUT2D eigenvalue weighted by Crippen LogP contribution is 2.39. The van der Waals surface area contributed by atoms with E-state index in [0.29, 0.717) is 28.6 Å². The van der Waals surface area contributed by atoms with Gasteiger partial charge in [-0.3, -0.25) is 4.79 Å². The molecule has 0 saturated carbocycles. The molecule has 1 aliphatic rings. The van der Waals surface area contributed by atoms with Crippen molar-refractivity contribution in [2.24, 2.45) is 0 Å². The number of methoxy groups -OCH3 is 1. The zero-order valence-electron chi connectivity index (χ0n) is 21.4. The predicted molar refractivity (Wildman–Crippen MR) is 150 cm³/mol. The summed E-state index contributed by atoms with van der Waals surface area (Å²) in [7, 11) is 3.69. The van der Waals surface area contributed by atoms with Gasteiger partial charge in [-0.05, 0) is 36.9 Å². The molecular formula is C29H29FN6O2.